The fraction of sp³-hybridized carbons (Fsp3) is 0.136. The van der Waals surface area contributed by atoms with Crippen LogP contribution in [0.5, 0.6) is 0 Å². The molecule has 0 fully saturated rings. The first-order chi connectivity index (χ1) is 14.5. The molecule has 0 spiro atoms. The Morgan fingerprint density at radius 3 is 2.07 bits per heavy atom. The fourth-order valence-corrected chi connectivity index (χ4v) is 2.58. The molecule has 3 amide bonds. The Hall–Kier alpha value is -4.07. The van der Waals surface area contributed by atoms with Gasteiger partial charge in [0.1, 0.15) is 0 Å². The minimum atomic E-state index is -0.353. The maximum absolute atomic E-state index is 12.2. The number of amides is 3. The number of carbonyl (C=O) groups excluding carboxylic acids is 3. The molecule has 3 aromatic rings. The molecule has 0 saturated heterocycles. The SMILES string of the molecule is CCC(=O)Nc1ccc(NC(=O)CNc2cccc(NC(=O)c3ccco3)c2)cc1. The van der Waals surface area contributed by atoms with E-state index in [4.69, 9.17) is 4.42 Å². The second-order valence-electron chi connectivity index (χ2n) is 6.39. The normalized spacial score (nSPS) is 10.2. The lowest BCUT2D eigenvalue weighted by Crippen LogP contribution is -2.21. The summed E-state index contributed by atoms with van der Waals surface area (Å²) in [5, 5.41) is 11.3. The van der Waals surface area contributed by atoms with Crippen LogP contribution in [0, 0.1) is 0 Å². The Morgan fingerprint density at radius 2 is 1.43 bits per heavy atom. The molecule has 2 aromatic carbocycles. The summed E-state index contributed by atoms with van der Waals surface area (Å²) in [5.41, 5.74) is 2.55. The quantitative estimate of drug-likeness (QED) is 0.453. The van der Waals surface area contributed by atoms with Crippen molar-refractivity contribution in [3.63, 3.8) is 0 Å². The summed E-state index contributed by atoms with van der Waals surface area (Å²) >= 11 is 0. The standard InChI is InChI=1S/C22H22N4O4/c1-2-20(27)24-15-8-10-16(11-9-15)25-21(28)14-23-17-5-3-6-18(13-17)26-22(29)19-7-4-12-30-19/h3-13,23H,2,14H2,1H3,(H,24,27)(H,25,28)(H,26,29). The summed E-state index contributed by atoms with van der Waals surface area (Å²) in [6.07, 6.45) is 1.83. The van der Waals surface area contributed by atoms with Crippen LogP contribution in [-0.2, 0) is 9.59 Å². The lowest BCUT2D eigenvalue weighted by atomic mass is 10.2. The lowest BCUT2D eigenvalue weighted by Gasteiger charge is -2.10. The van der Waals surface area contributed by atoms with Gasteiger partial charge in [-0.05, 0) is 54.6 Å². The molecule has 0 saturated carbocycles. The summed E-state index contributed by atoms with van der Waals surface area (Å²) in [4.78, 5) is 35.6. The minimum Gasteiger partial charge on any atom is -0.459 e. The number of carbonyl (C=O) groups is 3. The first kappa shape index (κ1) is 20.7. The molecule has 8 heteroatoms. The Kier molecular flexibility index (Phi) is 6.83. The van der Waals surface area contributed by atoms with E-state index in [-0.39, 0.29) is 30.0 Å². The van der Waals surface area contributed by atoms with Crippen molar-refractivity contribution in [2.24, 2.45) is 0 Å². The number of nitrogens with one attached hydrogen (secondary N) is 4. The van der Waals surface area contributed by atoms with Crippen molar-refractivity contribution in [3.8, 4) is 0 Å². The summed E-state index contributed by atoms with van der Waals surface area (Å²) in [6.45, 7) is 1.82. The molecule has 1 aromatic heterocycles. The van der Waals surface area contributed by atoms with Crippen molar-refractivity contribution >= 4 is 40.5 Å². The number of rotatable bonds is 8. The molecule has 0 bridgehead atoms. The number of hydrogen-bond acceptors (Lipinski definition) is 5. The van der Waals surface area contributed by atoms with Crippen molar-refractivity contribution in [3.05, 3.63) is 72.7 Å². The van der Waals surface area contributed by atoms with E-state index in [1.807, 2.05) is 0 Å². The molecule has 0 aliphatic heterocycles. The first-order valence-electron chi connectivity index (χ1n) is 9.42. The molecule has 3 rings (SSSR count). The van der Waals surface area contributed by atoms with Crippen LogP contribution in [-0.4, -0.2) is 24.3 Å². The fourth-order valence-electron chi connectivity index (χ4n) is 2.58. The molecule has 0 radical (unpaired) electrons. The monoisotopic (exact) mass is 406 g/mol. The zero-order chi connectivity index (χ0) is 21.3. The smallest absolute Gasteiger partial charge is 0.291 e. The average molecular weight is 406 g/mol. The van der Waals surface area contributed by atoms with Crippen LogP contribution in [0.1, 0.15) is 23.9 Å². The highest BCUT2D eigenvalue weighted by Gasteiger charge is 2.09. The second-order valence-corrected chi connectivity index (χ2v) is 6.39. The molecule has 4 N–H and O–H groups in total. The number of anilines is 4. The Balaban J connectivity index is 1.50. The van der Waals surface area contributed by atoms with Gasteiger partial charge in [-0.3, -0.25) is 14.4 Å². The van der Waals surface area contributed by atoms with Crippen LogP contribution in [0.25, 0.3) is 0 Å². The predicted molar refractivity (Wildman–Crippen MR) is 116 cm³/mol. The van der Waals surface area contributed by atoms with Crippen LogP contribution in [0.4, 0.5) is 22.7 Å². The predicted octanol–water partition coefficient (Wildman–Crippen LogP) is 3.93. The maximum atomic E-state index is 12.2. The largest absolute Gasteiger partial charge is 0.459 e. The zero-order valence-corrected chi connectivity index (χ0v) is 16.4. The van der Waals surface area contributed by atoms with Gasteiger partial charge < -0.3 is 25.7 Å². The Labute approximate surface area is 173 Å². The van der Waals surface area contributed by atoms with Crippen molar-refractivity contribution in [1.29, 1.82) is 0 Å². The first-order valence-corrected chi connectivity index (χ1v) is 9.42. The minimum absolute atomic E-state index is 0.0455. The van der Waals surface area contributed by atoms with E-state index < -0.39 is 0 Å². The molecule has 0 atom stereocenters. The lowest BCUT2D eigenvalue weighted by molar-refractivity contribution is -0.116. The van der Waals surface area contributed by atoms with E-state index in [2.05, 4.69) is 21.3 Å². The van der Waals surface area contributed by atoms with Crippen LogP contribution >= 0.6 is 0 Å². The summed E-state index contributed by atoms with van der Waals surface area (Å²) in [7, 11) is 0. The number of furan rings is 1. The topological polar surface area (TPSA) is 112 Å². The van der Waals surface area contributed by atoms with E-state index in [0.29, 0.717) is 29.2 Å². The maximum Gasteiger partial charge on any atom is 0.291 e. The second kappa shape index (κ2) is 9.92. The molecular formula is C22H22N4O4. The van der Waals surface area contributed by atoms with Gasteiger partial charge in [0.05, 0.1) is 12.8 Å². The van der Waals surface area contributed by atoms with Gasteiger partial charge in [-0.1, -0.05) is 13.0 Å². The molecule has 0 aliphatic rings. The highest BCUT2D eigenvalue weighted by Crippen LogP contribution is 2.17. The molecule has 8 nitrogen and oxygen atoms in total. The molecular weight excluding hydrogens is 384 g/mol. The Morgan fingerprint density at radius 1 is 0.767 bits per heavy atom. The van der Waals surface area contributed by atoms with E-state index in [1.54, 1.807) is 67.6 Å². The highest BCUT2D eigenvalue weighted by molar-refractivity contribution is 6.02. The van der Waals surface area contributed by atoms with Crippen LogP contribution < -0.4 is 21.3 Å². The third-order valence-electron chi connectivity index (χ3n) is 4.09. The van der Waals surface area contributed by atoms with E-state index in [1.165, 1.54) is 6.26 Å². The van der Waals surface area contributed by atoms with Crippen LogP contribution in [0.3, 0.4) is 0 Å². The Bertz CT molecular complexity index is 1010. The number of hydrogen-bond donors (Lipinski definition) is 4. The van der Waals surface area contributed by atoms with Crippen molar-refractivity contribution in [2.45, 2.75) is 13.3 Å². The third kappa shape index (κ3) is 5.96. The van der Waals surface area contributed by atoms with Gasteiger partial charge in [0.15, 0.2) is 5.76 Å². The van der Waals surface area contributed by atoms with E-state index in [0.717, 1.165) is 0 Å². The van der Waals surface area contributed by atoms with E-state index in [9.17, 15) is 14.4 Å². The highest BCUT2D eigenvalue weighted by atomic mass is 16.3. The summed E-state index contributed by atoms with van der Waals surface area (Å²) in [6, 6.07) is 17.1. The molecule has 0 unspecified atom stereocenters. The van der Waals surface area contributed by atoms with Crippen molar-refractivity contribution < 1.29 is 18.8 Å². The molecule has 1 heterocycles. The summed E-state index contributed by atoms with van der Waals surface area (Å²) < 4.78 is 5.06. The molecule has 0 aliphatic carbocycles. The molecule has 30 heavy (non-hydrogen) atoms. The van der Waals surface area contributed by atoms with Crippen LogP contribution in [0.2, 0.25) is 0 Å². The third-order valence-corrected chi connectivity index (χ3v) is 4.09. The van der Waals surface area contributed by atoms with Crippen molar-refractivity contribution in [1.82, 2.24) is 0 Å². The van der Waals surface area contributed by atoms with Gasteiger partial charge >= 0.3 is 0 Å². The van der Waals surface area contributed by atoms with Gasteiger partial charge in [0, 0.05) is 29.2 Å². The van der Waals surface area contributed by atoms with Gasteiger partial charge in [0.2, 0.25) is 11.8 Å². The van der Waals surface area contributed by atoms with Gasteiger partial charge in [-0.2, -0.15) is 0 Å². The van der Waals surface area contributed by atoms with Crippen LogP contribution in [0.15, 0.2) is 71.3 Å². The van der Waals surface area contributed by atoms with Gasteiger partial charge in [0.25, 0.3) is 5.91 Å². The molecule has 154 valence electrons. The zero-order valence-electron chi connectivity index (χ0n) is 16.4. The summed E-state index contributed by atoms with van der Waals surface area (Å²) in [5.74, 6) is -0.439. The van der Waals surface area contributed by atoms with Gasteiger partial charge in [-0.25, -0.2) is 0 Å². The van der Waals surface area contributed by atoms with Gasteiger partial charge in [-0.15, -0.1) is 0 Å². The van der Waals surface area contributed by atoms with Crippen molar-refractivity contribution in [2.75, 3.05) is 27.8 Å². The average Bonchev–Trinajstić information content (AvgIpc) is 3.29. The number of benzene rings is 2. The van der Waals surface area contributed by atoms with E-state index >= 15 is 0 Å².